The van der Waals surface area contributed by atoms with Gasteiger partial charge < -0.3 is 20.3 Å². The quantitative estimate of drug-likeness (QED) is 0.779. The van der Waals surface area contributed by atoms with E-state index in [-0.39, 0.29) is 43.6 Å². The molecule has 1 aromatic carbocycles. The molecule has 7 nitrogen and oxygen atoms in total. The monoisotopic (exact) mass is 365 g/mol. The van der Waals surface area contributed by atoms with Crippen molar-refractivity contribution in [1.82, 2.24) is 10.6 Å². The van der Waals surface area contributed by atoms with Crippen LogP contribution in [0.2, 0.25) is 0 Å². The zero-order chi connectivity index (χ0) is 19.3. The summed E-state index contributed by atoms with van der Waals surface area (Å²) in [5.74, 6) is -1.64. The summed E-state index contributed by atoms with van der Waals surface area (Å²) in [4.78, 5) is 37.1. The van der Waals surface area contributed by atoms with Crippen molar-refractivity contribution >= 4 is 23.6 Å². The van der Waals surface area contributed by atoms with E-state index in [0.717, 1.165) is 0 Å². The van der Waals surface area contributed by atoms with Gasteiger partial charge in [0.2, 0.25) is 11.8 Å². The molecule has 142 valence electrons. The highest BCUT2D eigenvalue weighted by Crippen LogP contribution is 2.27. The highest BCUT2D eigenvalue weighted by atomic mass is 19.1. The van der Waals surface area contributed by atoms with Gasteiger partial charge in [-0.25, -0.2) is 9.18 Å². The second-order valence-corrected chi connectivity index (χ2v) is 7.08. The molecule has 2 rings (SSSR count). The van der Waals surface area contributed by atoms with Crippen LogP contribution in [-0.2, 0) is 14.3 Å². The SMILES string of the molecule is CC(C)(C)OC(=O)NCCNC(=O)C1CC(=O)N(c2ccccc2F)C1. The number of para-hydroxylation sites is 1. The number of ether oxygens (including phenoxy) is 1. The Labute approximate surface area is 151 Å². The van der Waals surface area contributed by atoms with Gasteiger partial charge in [0.15, 0.2) is 0 Å². The maximum absolute atomic E-state index is 13.8. The molecule has 1 saturated heterocycles. The number of carbonyl (C=O) groups is 3. The highest BCUT2D eigenvalue weighted by Gasteiger charge is 2.35. The van der Waals surface area contributed by atoms with Gasteiger partial charge in [-0.15, -0.1) is 0 Å². The Bertz CT molecular complexity index is 687. The number of hydrogen-bond acceptors (Lipinski definition) is 4. The van der Waals surface area contributed by atoms with Crippen molar-refractivity contribution in [2.24, 2.45) is 5.92 Å². The lowest BCUT2D eigenvalue weighted by molar-refractivity contribution is -0.126. The van der Waals surface area contributed by atoms with E-state index in [1.165, 1.54) is 17.0 Å². The zero-order valence-electron chi connectivity index (χ0n) is 15.2. The van der Waals surface area contributed by atoms with Crippen LogP contribution < -0.4 is 15.5 Å². The molecule has 0 saturated carbocycles. The number of hydrogen-bond donors (Lipinski definition) is 2. The highest BCUT2D eigenvalue weighted by molar-refractivity contribution is 6.00. The number of halogens is 1. The number of nitrogens with one attached hydrogen (secondary N) is 2. The van der Waals surface area contributed by atoms with Crippen LogP contribution in [0.15, 0.2) is 24.3 Å². The molecule has 1 aliphatic heterocycles. The van der Waals surface area contributed by atoms with Crippen molar-refractivity contribution in [2.75, 3.05) is 24.5 Å². The molecule has 2 N–H and O–H groups in total. The molecule has 1 heterocycles. The molecule has 1 aliphatic rings. The summed E-state index contributed by atoms with van der Waals surface area (Å²) >= 11 is 0. The lowest BCUT2D eigenvalue weighted by Crippen LogP contribution is -2.40. The topological polar surface area (TPSA) is 87.7 Å². The Balaban J connectivity index is 1.78. The van der Waals surface area contributed by atoms with Crippen molar-refractivity contribution in [3.05, 3.63) is 30.1 Å². The van der Waals surface area contributed by atoms with Crippen LogP contribution in [0.5, 0.6) is 0 Å². The Morgan fingerprint density at radius 3 is 2.54 bits per heavy atom. The molecular weight excluding hydrogens is 341 g/mol. The smallest absolute Gasteiger partial charge is 0.407 e. The van der Waals surface area contributed by atoms with E-state index in [2.05, 4.69) is 10.6 Å². The Kier molecular flexibility index (Phi) is 6.18. The van der Waals surface area contributed by atoms with Crippen LogP contribution in [0.3, 0.4) is 0 Å². The number of benzene rings is 1. The number of anilines is 1. The van der Waals surface area contributed by atoms with Gasteiger partial charge in [-0.2, -0.15) is 0 Å². The molecule has 1 atom stereocenters. The second kappa shape index (κ2) is 8.16. The van der Waals surface area contributed by atoms with Gasteiger partial charge in [0.25, 0.3) is 0 Å². The first kappa shape index (κ1) is 19.7. The molecule has 1 aromatic rings. The van der Waals surface area contributed by atoms with Crippen LogP contribution >= 0.6 is 0 Å². The Hall–Kier alpha value is -2.64. The van der Waals surface area contributed by atoms with Gasteiger partial charge in [-0.05, 0) is 32.9 Å². The van der Waals surface area contributed by atoms with Crippen molar-refractivity contribution in [3.8, 4) is 0 Å². The molecule has 8 heteroatoms. The average molecular weight is 365 g/mol. The maximum atomic E-state index is 13.8. The van der Waals surface area contributed by atoms with Gasteiger partial charge >= 0.3 is 6.09 Å². The van der Waals surface area contributed by atoms with Crippen LogP contribution in [0.4, 0.5) is 14.9 Å². The first-order chi connectivity index (χ1) is 12.2. The summed E-state index contributed by atoms with van der Waals surface area (Å²) in [6.07, 6.45) is -0.534. The standard InChI is InChI=1S/C18H24FN3O4/c1-18(2,3)26-17(25)21-9-8-20-16(24)12-10-15(23)22(11-12)14-7-5-4-6-13(14)19/h4-7,12H,8-11H2,1-3H3,(H,20,24)(H,21,25). The minimum absolute atomic E-state index is 0.0274. The largest absolute Gasteiger partial charge is 0.444 e. The van der Waals surface area contributed by atoms with E-state index in [1.807, 2.05) is 0 Å². The van der Waals surface area contributed by atoms with Crippen LogP contribution in [0.25, 0.3) is 0 Å². The lowest BCUT2D eigenvalue weighted by Gasteiger charge is -2.20. The van der Waals surface area contributed by atoms with E-state index in [0.29, 0.717) is 0 Å². The Morgan fingerprint density at radius 1 is 1.23 bits per heavy atom. The molecule has 0 spiro atoms. The Morgan fingerprint density at radius 2 is 1.88 bits per heavy atom. The van der Waals surface area contributed by atoms with Gasteiger partial charge in [0.05, 0.1) is 11.6 Å². The minimum atomic E-state index is -0.590. The first-order valence-electron chi connectivity index (χ1n) is 8.47. The van der Waals surface area contributed by atoms with Crippen LogP contribution in [0, 0.1) is 11.7 Å². The third-order valence-electron chi connectivity index (χ3n) is 3.73. The van der Waals surface area contributed by atoms with Gasteiger partial charge in [0, 0.05) is 26.1 Å². The maximum Gasteiger partial charge on any atom is 0.407 e. The fourth-order valence-electron chi connectivity index (χ4n) is 2.60. The number of carbonyl (C=O) groups excluding carboxylic acids is 3. The van der Waals surface area contributed by atoms with E-state index in [4.69, 9.17) is 4.74 Å². The third kappa shape index (κ3) is 5.44. The summed E-state index contributed by atoms with van der Waals surface area (Å²) in [6, 6.07) is 5.97. The van der Waals surface area contributed by atoms with Gasteiger partial charge in [-0.1, -0.05) is 12.1 Å². The third-order valence-corrected chi connectivity index (χ3v) is 3.73. The van der Waals surface area contributed by atoms with Crippen LogP contribution in [-0.4, -0.2) is 43.1 Å². The fraction of sp³-hybridized carbons (Fsp3) is 0.500. The summed E-state index contributed by atoms with van der Waals surface area (Å²) in [6.45, 7) is 5.82. The van der Waals surface area contributed by atoms with E-state index < -0.39 is 23.4 Å². The normalized spacial score (nSPS) is 17.2. The van der Waals surface area contributed by atoms with Gasteiger partial charge in [-0.3, -0.25) is 9.59 Å². The van der Waals surface area contributed by atoms with Crippen LogP contribution in [0.1, 0.15) is 27.2 Å². The molecular formula is C18H24FN3O4. The second-order valence-electron chi connectivity index (χ2n) is 7.08. The number of rotatable bonds is 5. The molecule has 0 bridgehead atoms. The number of nitrogens with zero attached hydrogens (tertiary/aromatic N) is 1. The van der Waals surface area contributed by atoms with Crippen molar-refractivity contribution in [3.63, 3.8) is 0 Å². The molecule has 0 aliphatic carbocycles. The van der Waals surface area contributed by atoms with Crippen molar-refractivity contribution in [2.45, 2.75) is 32.8 Å². The summed E-state index contributed by atoms with van der Waals surface area (Å²) in [5, 5.41) is 5.20. The van der Waals surface area contributed by atoms with Crippen molar-refractivity contribution in [1.29, 1.82) is 0 Å². The molecule has 1 unspecified atom stereocenters. The van der Waals surface area contributed by atoms with E-state index >= 15 is 0 Å². The predicted molar refractivity (Wildman–Crippen MR) is 94.1 cm³/mol. The minimum Gasteiger partial charge on any atom is -0.444 e. The molecule has 0 aromatic heterocycles. The first-order valence-corrected chi connectivity index (χ1v) is 8.47. The zero-order valence-corrected chi connectivity index (χ0v) is 15.2. The summed E-state index contributed by atoms with van der Waals surface area (Å²) in [7, 11) is 0. The fourth-order valence-corrected chi connectivity index (χ4v) is 2.60. The predicted octanol–water partition coefficient (Wildman–Crippen LogP) is 1.82. The average Bonchev–Trinajstić information content (AvgIpc) is 2.92. The molecule has 1 fully saturated rings. The van der Waals surface area contributed by atoms with Crippen molar-refractivity contribution < 1.29 is 23.5 Å². The van der Waals surface area contributed by atoms with E-state index in [1.54, 1.807) is 32.9 Å². The van der Waals surface area contributed by atoms with E-state index in [9.17, 15) is 18.8 Å². The molecule has 26 heavy (non-hydrogen) atoms. The number of alkyl carbamates (subject to hydrolysis) is 1. The number of amides is 3. The summed E-state index contributed by atoms with van der Waals surface area (Å²) in [5.41, 5.74) is -0.410. The molecule has 3 amide bonds. The summed E-state index contributed by atoms with van der Waals surface area (Å²) < 4.78 is 18.9. The molecule has 0 radical (unpaired) electrons. The lowest BCUT2D eigenvalue weighted by atomic mass is 10.1. The van der Waals surface area contributed by atoms with Gasteiger partial charge in [0.1, 0.15) is 11.4 Å².